The Morgan fingerprint density at radius 2 is 1.78 bits per heavy atom. The summed E-state index contributed by atoms with van der Waals surface area (Å²) in [5, 5.41) is 3.82. The fraction of sp³-hybridized carbons (Fsp3) is 0.154. The van der Waals surface area contributed by atoms with Crippen molar-refractivity contribution in [2.75, 3.05) is 0 Å². The molecule has 2 aromatic rings. The van der Waals surface area contributed by atoms with Crippen LogP contribution in [0.15, 0.2) is 28.8 Å². The van der Waals surface area contributed by atoms with Gasteiger partial charge in [-0.05, 0) is 6.92 Å². The molecule has 1 heterocycles. The summed E-state index contributed by atoms with van der Waals surface area (Å²) in [6.07, 6.45) is 0. The van der Waals surface area contributed by atoms with Crippen LogP contribution in [-0.4, -0.2) is 16.7 Å². The van der Waals surface area contributed by atoms with E-state index in [-0.39, 0.29) is 27.7 Å². The maximum absolute atomic E-state index is 12.4. The van der Waals surface area contributed by atoms with E-state index in [0.29, 0.717) is 16.8 Å². The minimum absolute atomic E-state index is 0.0417. The van der Waals surface area contributed by atoms with Gasteiger partial charge in [-0.3, -0.25) is 9.59 Å². The fourth-order valence-corrected chi connectivity index (χ4v) is 2.40. The number of fused-ring (bicyclic) bond motifs is 2. The Morgan fingerprint density at radius 1 is 1.17 bits per heavy atom. The van der Waals surface area contributed by atoms with Crippen LogP contribution in [0.3, 0.4) is 0 Å². The van der Waals surface area contributed by atoms with Gasteiger partial charge < -0.3 is 4.52 Å². The maximum atomic E-state index is 12.4. The number of halogens is 1. The minimum atomic E-state index is -0.285. The third-order valence-corrected chi connectivity index (χ3v) is 3.38. The monoisotopic (exact) mass is 305 g/mol. The van der Waals surface area contributed by atoms with Gasteiger partial charge in [-0.1, -0.05) is 45.4 Å². The Bertz CT molecular complexity index is 673. The van der Waals surface area contributed by atoms with E-state index in [1.54, 1.807) is 24.3 Å². The third-order valence-electron chi connectivity index (χ3n) is 2.94. The van der Waals surface area contributed by atoms with Crippen molar-refractivity contribution in [1.29, 1.82) is 0 Å². The standard InChI is InChI=1S/C13H8BrNO3/c1-6(14)10-9-11(16)7-4-2-3-5-8(7)12(17)13(9)18-15-10/h2-6H,1H3. The van der Waals surface area contributed by atoms with Crippen molar-refractivity contribution in [3.8, 4) is 0 Å². The lowest BCUT2D eigenvalue weighted by molar-refractivity contribution is 0.0955. The number of alkyl halides is 1. The molecule has 0 spiro atoms. The highest BCUT2D eigenvalue weighted by atomic mass is 79.9. The van der Waals surface area contributed by atoms with E-state index in [2.05, 4.69) is 21.1 Å². The van der Waals surface area contributed by atoms with Gasteiger partial charge in [0.1, 0.15) is 5.69 Å². The summed E-state index contributed by atoms with van der Waals surface area (Å²) < 4.78 is 5.04. The van der Waals surface area contributed by atoms with E-state index in [1.165, 1.54) is 0 Å². The smallest absolute Gasteiger partial charge is 0.232 e. The predicted molar refractivity (Wildman–Crippen MR) is 67.2 cm³/mol. The molecule has 3 rings (SSSR count). The number of nitrogens with zero attached hydrogens (tertiary/aromatic N) is 1. The zero-order valence-electron chi connectivity index (χ0n) is 9.44. The molecule has 4 nitrogen and oxygen atoms in total. The summed E-state index contributed by atoms with van der Waals surface area (Å²) in [6.45, 7) is 1.83. The van der Waals surface area contributed by atoms with Gasteiger partial charge in [0.2, 0.25) is 11.5 Å². The minimum Gasteiger partial charge on any atom is -0.352 e. The summed E-state index contributed by atoms with van der Waals surface area (Å²) in [4.78, 5) is 24.4. The molecule has 1 aliphatic carbocycles. The van der Waals surface area contributed by atoms with Crippen LogP contribution in [0, 0.1) is 0 Å². The van der Waals surface area contributed by atoms with Crippen LogP contribution in [0.5, 0.6) is 0 Å². The number of hydrogen-bond acceptors (Lipinski definition) is 4. The van der Waals surface area contributed by atoms with Crippen LogP contribution < -0.4 is 0 Å². The summed E-state index contributed by atoms with van der Waals surface area (Å²) in [7, 11) is 0. The molecular formula is C13H8BrNO3. The number of hydrogen-bond donors (Lipinski definition) is 0. The zero-order valence-corrected chi connectivity index (χ0v) is 11.0. The van der Waals surface area contributed by atoms with Gasteiger partial charge in [-0.2, -0.15) is 0 Å². The first kappa shape index (κ1) is 11.3. The molecule has 0 amide bonds. The van der Waals surface area contributed by atoms with Gasteiger partial charge in [0.15, 0.2) is 5.78 Å². The third kappa shape index (κ3) is 1.40. The highest BCUT2D eigenvalue weighted by Gasteiger charge is 2.36. The molecule has 0 aliphatic heterocycles. The average Bonchev–Trinajstić information content (AvgIpc) is 2.81. The molecule has 1 unspecified atom stereocenters. The molecule has 1 aliphatic rings. The van der Waals surface area contributed by atoms with Crippen molar-refractivity contribution in [1.82, 2.24) is 5.16 Å². The fourth-order valence-electron chi connectivity index (χ4n) is 2.08. The SMILES string of the molecule is CC(Br)c1noc2c1C(=O)c1ccccc1C2=O. The molecule has 0 saturated carbocycles. The van der Waals surface area contributed by atoms with E-state index in [1.807, 2.05) is 6.92 Å². The average molecular weight is 306 g/mol. The van der Waals surface area contributed by atoms with Crippen LogP contribution in [0.25, 0.3) is 0 Å². The summed E-state index contributed by atoms with van der Waals surface area (Å²) >= 11 is 3.34. The van der Waals surface area contributed by atoms with E-state index >= 15 is 0 Å². The molecule has 18 heavy (non-hydrogen) atoms. The molecule has 0 bridgehead atoms. The van der Waals surface area contributed by atoms with E-state index in [0.717, 1.165) is 0 Å². The van der Waals surface area contributed by atoms with Gasteiger partial charge >= 0.3 is 0 Å². The van der Waals surface area contributed by atoms with Crippen LogP contribution in [-0.2, 0) is 0 Å². The second-order valence-electron chi connectivity index (χ2n) is 4.09. The van der Waals surface area contributed by atoms with Gasteiger partial charge in [0.05, 0.1) is 10.4 Å². The quantitative estimate of drug-likeness (QED) is 0.649. The maximum Gasteiger partial charge on any atom is 0.232 e. The van der Waals surface area contributed by atoms with E-state index < -0.39 is 0 Å². The van der Waals surface area contributed by atoms with Gasteiger partial charge in [0.25, 0.3) is 0 Å². The number of aromatic nitrogens is 1. The molecule has 90 valence electrons. The highest BCUT2D eigenvalue weighted by Crippen LogP contribution is 2.33. The number of carbonyl (C=O) groups excluding carboxylic acids is 2. The van der Waals surface area contributed by atoms with Crippen molar-refractivity contribution in [3.05, 3.63) is 52.4 Å². The van der Waals surface area contributed by atoms with Crippen LogP contribution in [0.1, 0.15) is 49.5 Å². The van der Waals surface area contributed by atoms with Crippen LogP contribution in [0.2, 0.25) is 0 Å². The van der Waals surface area contributed by atoms with Gasteiger partial charge in [0, 0.05) is 11.1 Å². The number of carbonyl (C=O) groups is 2. The Balaban J connectivity index is 2.29. The highest BCUT2D eigenvalue weighted by molar-refractivity contribution is 9.09. The Kier molecular flexibility index (Phi) is 2.45. The zero-order chi connectivity index (χ0) is 12.9. The number of rotatable bonds is 1. The van der Waals surface area contributed by atoms with Crippen molar-refractivity contribution < 1.29 is 14.1 Å². The van der Waals surface area contributed by atoms with Crippen molar-refractivity contribution in [2.24, 2.45) is 0 Å². The molecular weight excluding hydrogens is 298 g/mol. The van der Waals surface area contributed by atoms with Gasteiger partial charge in [-0.15, -0.1) is 0 Å². The van der Waals surface area contributed by atoms with Crippen molar-refractivity contribution in [3.63, 3.8) is 0 Å². The molecule has 0 saturated heterocycles. The first-order valence-corrected chi connectivity index (χ1v) is 6.35. The second-order valence-corrected chi connectivity index (χ2v) is 5.47. The lowest BCUT2D eigenvalue weighted by atomic mass is 9.87. The summed E-state index contributed by atoms with van der Waals surface area (Å²) in [5.74, 6) is -0.449. The summed E-state index contributed by atoms with van der Waals surface area (Å²) in [6, 6.07) is 6.73. The molecule has 0 N–H and O–H groups in total. The topological polar surface area (TPSA) is 60.2 Å². The lowest BCUT2D eigenvalue weighted by Crippen LogP contribution is -2.20. The normalized spacial score (nSPS) is 15.2. The Hall–Kier alpha value is -1.75. The summed E-state index contributed by atoms with van der Waals surface area (Å²) in [5.41, 5.74) is 1.54. The largest absolute Gasteiger partial charge is 0.352 e. The molecule has 0 radical (unpaired) electrons. The molecule has 1 aromatic heterocycles. The van der Waals surface area contributed by atoms with E-state index in [4.69, 9.17) is 4.52 Å². The van der Waals surface area contributed by atoms with Crippen molar-refractivity contribution in [2.45, 2.75) is 11.8 Å². The van der Waals surface area contributed by atoms with Crippen LogP contribution in [0.4, 0.5) is 0 Å². The first-order valence-electron chi connectivity index (χ1n) is 5.43. The Morgan fingerprint density at radius 3 is 2.39 bits per heavy atom. The van der Waals surface area contributed by atoms with Crippen LogP contribution >= 0.6 is 15.9 Å². The van der Waals surface area contributed by atoms with Crippen molar-refractivity contribution >= 4 is 27.5 Å². The number of ketones is 2. The molecule has 1 atom stereocenters. The lowest BCUT2D eigenvalue weighted by Gasteiger charge is -2.12. The van der Waals surface area contributed by atoms with Gasteiger partial charge in [-0.25, -0.2) is 0 Å². The molecule has 0 fully saturated rings. The first-order chi connectivity index (χ1) is 8.61. The molecule has 5 heteroatoms. The second kappa shape index (κ2) is 3.88. The molecule has 1 aromatic carbocycles. The Labute approximate surface area is 111 Å². The predicted octanol–water partition coefficient (Wildman–Crippen LogP) is 2.91. The number of benzene rings is 1. The van der Waals surface area contributed by atoms with E-state index in [9.17, 15) is 9.59 Å².